The molecule has 0 unspecified atom stereocenters. The molecule has 0 bridgehead atoms. The average Bonchev–Trinajstić information content (AvgIpc) is 3.44. The summed E-state index contributed by atoms with van der Waals surface area (Å²) < 4.78 is 6.64. The summed E-state index contributed by atoms with van der Waals surface area (Å²) >= 11 is 0. The fraction of sp³-hybridized carbons (Fsp3) is 0.122. The molecule has 0 atom stereocenters. The van der Waals surface area contributed by atoms with Gasteiger partial charge in [0, 0.05) is 43.3 Å². The van der Waals surface area contributed by atoms with Gasteiger partial charge in [-0.15, -0.1) is 53.1 Å². The second-order valence-corrected chi connectivity index (χ2v) is 11.6. The minimum absolute atomic E-state index is 0. The maximum absolute atomic E-state index is 6.64. The molecule has 5 aromatic carbocycles. The molecule has 0 aliphatic rings. The van der Waals surface area contributed by atoms with Crippen LogP contribution >= 0.6 is 0 Å². The van der Waals surface area contributed by atoms with E-state index in [2.05, 4.69) is 123 Å². The van der Waals surface area contributed by atoms with Crippen LogP contribution in [0.15, 0.2) is 108 Å². The standard InChI is InChI=1S/C28H20NO.C13H12N.Ir/c1-16-8-12-22(24-14-17(2)18(3)15-29-24)27-25(16)23-13-11-20-10-9-19-6-4-5-7-21(19)26(20)28(23)30-27;1-10-3-6-12(7-4-10)13-8-5-11(2)9-14-13;/h4-11,13-15H,1-3H3;3-6,8-9H,1-2H3;/q2*-1;. The van der Waals surface area contributed by atoms with Gasteiger partial charge in [-0.1, -0.05) is 97.1 Å². The van der Waals surface area contributed by atoms with E-state index in [1.165, 1.54) is 43.8 Å². The summed E-state index contributed by atoms with van der Waals surface area (Å²) in [7, 11) is 0. The molecule has 0 N–H and O–H groups in total. The van der Waals surface area contributed by atoms with E-state index < -0.39 is 0 Å². The van der Waals surface area contributed by atoms with Crippen LogP contribution in [0.25, 0.3) is 66.0 Å². The molecule has 0 fully saturated rings. The van der Waals surface area contributed by atoms with Crippen molar-refractivity contribution in [2.45, 2.75) is 34.6 Å². The van der Waals surface area contributed by atoms with Crippen molar-refractivity contribution >= 4 is 43.5 Å². The molecule has 3 heterocycles. The molecule has 4 heteroatoms. The largest absolute Gasteiger partial charge is 0.500 e. The number of aromatic nitrogens is 2. The van der Waals surface area contributed by atoms with E-state index in [4.69, 9.17) is 4.42 Å². The maximum atomic E-state index is 6.64. The number of rotatable bonds is 2. The van der Waals surface area contributed by atoms with Crippen molar-refractivity contribution < 1.29 is 24.5 Å². The predicted octanol–water partition coefficient (Wildman–Crippen LogP) is 10.8. The fourth-order valence-electron chi connectivity index (χ4n) is 5.77. The van der Waals surface area contributed by atoms with E-state index in [9.17, 15) is 0 Å². The third-order valence-electron chi connectivity index (χ3n) is 8.40. The van der Waals surface area contributed by atoms with Gasteiger partial charge in [-0.3, -0.25) is 0 Å². The summed E-state index contributed by atoms with van der Waals surface area (Å²) in [5.41, 5.74) is 11.6. The molecule has 1 radical (unpaired) electrons. The van der Waals surface area contributed by atoms with Gasteiger partial charge in [0.1, 0.15) is 5.58 Å². The quantitative estimate of drug-likeness (QED) is 0.130. The number of fused-ring (bicyclic) bond motifs is 7. The SMILES string of the molecule is Cc1c[c-]c(-c2ccc(C)cn2)cc1.Cc1cnc(-c2[c-]cc(C)c3c2oc2c3ccc3ccc4ccccc4c32)cc1C.[Ir]. The second-order valence-electron chi connectivity index (χ2n) is 11.6. The van der Waals surface area contributed by atoms with Crippen LogP contribution in [-0.4, -0.2) is 9.97 Å². The number of pyridine rings is 2. The Hall–Kier alpha value is -4.63. The molecule has 3 nitrogen and oxygen atoms in total. The van der Waals surface area contributed by atoms with Crippen LogP contribution < -0.4 is 0 Å². The van der Waals surface area contributed by atoms with E-state index in [1.807, 2.05) is 37.5 Å². The Bertz CT molecular complexity index is 2270. The first-order chi connectivity index (χ1) is 21.4. The average molecular weight is 761 g/mol. The van der Waals surface area contributed by atoms with Crippen LogP contribution in [-0.2, 0) is 20.1 Å². The van der Waals surface area contributed by atoms with Gasteiger partial charge in [-0.05, 0) is 59.4 Å². The van der Waals surface area contributed by atoms with Crippen molar-refractivity contribution in [3.63, 3.8) is 0 Å². The number of benzene rings is 5. The summed E-state index contributed by atoms with van der Waals surface area (Å²) in [6.45, 7) is 10.4. The molecule has 45 heavy (non-hydrogen) atoms. The van der Waals surface area contributed by atoms with Crippen molar-refractivity contribution in [3.8, 4) is 22.5 Å². The van der Waals surface area contributed by atoms with Gasteiger partial charge in [0.25, 0.3) is 0 Å². The Balaban J connectivity index is 0.000000201. The molecule has 0 aliphatic carbocycles. The van der Waals surface area contributed by atoms with Crippen LogP contribution in [0.2, 0.25) is 0 Å². The summed E-state index contributed by atoms with van der Waals surface area (Å²) in [4.78, 5) is 9.03. The van der Waals surface area contributed by atoms with Crippen LogP contribution in [0.4, 0.5) is 0 Å². The molecule has 8 aromatic rings. The third kappa shape index (κ3) is 5.68. The van der Waals surface area contributed by atoms with Crippen molar-refractivity contribution in [3.05, 3.63) is 143 Å². The van der Waals surface area contributed by atoms with Crippen LogP contribution in [0.5, 0.6) is 0 Å². The van der Waals surface area contributed by atoms with Gasteiger partial charge < -0.3 is 14.4 Å². The Kier molecular flexibility index (Phi) is 8.38. The number of hydrogen-bond acceptors (Lipinski definition) is 3. The Morgan fingerprint density at radius 3 is 2.07 bits per heavy atom. The molecule has 3 aromatic heterocycles. The maximum Gasteiger partial charge on any atom is 0.129 e. The Morgan fingerprint density at radius 2 is 1.31 bits per heavy atom. The van der Waals surface area contributed by atoms with Crippen molar-refractivity contribution in [2.75, 3.05) is 0 Å². The van der Waals surface area contributed by atoms with Crippen LogP contribution in [0.1, 0.15) is 27.8 Å². The van der Waals surface area contributed by atoms with E-state index in [-0.39, 0.29) is 20.1 Å². The van der Waals surface area contributed by atoms with Crippen LogP contribution in [0, 0.1) is 46.8 Å². The number of furan rings is 1. The molecule has 0 spiro atoms. The smallest absolute Gasteiger partial charge is 0.129 e. The van der Waals surface area contributed by atoms with Gasteiger partial charge in [-0.25, -0.2) is 0 Å². The zero-order valence-electron chi connectivity index (χ0n) is 26.0. The molecule has 0 amide bonds. The van der Waals surface area contributed by atoms with Gasteiger partial charge in [0.05, 0.1) is 5.58 Å². The van der Waals surface area contributed by atoms with E-state index in [0.29, 0.717) is 0 Å². The monoisotopic (exact) mass is 761 g/mol. The second kappa shape index (κ2) is 12.4. The van der Waals surface area contributed by atoms with Gasteiger partial charge >= 0.3 is 0 Å². The predicted molar refractivity (Wildman–Crippen MR) is 183 cm³/mol. The molecule has 0 saturated heterocycles. The zero-order chi connectivity index (χ0) is 30.4. The van der Waals surface area contributed by atoms with Crippen molar-refractivity contribution in [1.29, 1.82) is 0 Å². The number of aryl methyl sites for hydroxylation is 5. The topological polar surface area (TPSA) is 38.9 Å². The number of hydrogen-bond donors (Lipinski definition) is 0. The first kappa shape index (κ1) is 30.4. The normalized spacial score (nSPS) is 11.0. The summed E-state index contributed by atoms with van der Waals surface area (Å²) in [6.07, 6.45) is 3.80. The van der Waals surface area contributed by atoms with Crippen molar-refractivity contribution in [2.24, 2.45) is 0 Å². The minimum atomic E-state index is 0. The molecular formula is C41H32IrN2O-2. The Labute approximate surface area is 277 Å². The van der Waals surface area contributed by atoms with Crippen molar-refractivity contribution in [1.82, 2.24) is 9.97 Å². The van der Waals surface area contributed by atoms with Crippen LogP contribution in [0.3, 0.4) is 0 Å². The molecule has 0 aliphatic heterocycles. The van der Waals surface area contributed by atoms with Gasteiger partial charge in [0.15, 0.2) is 0 Å². The molecular weight excluding hydrogens is 729 g/mol. The molecule has 8 rings (SSSR count). The first-order valence-corrected chi connectivity index (χ1v) is 14.9. The fourth-order valence-corrected chi connectivity index (χ4v) is 5.77. The molecule has 0 saturated carbocycles. The zero-order valence-corrected chi connectivity index (χ0v) is 28.3. The summed E-state index contributed by atoms with van der Waals surface area (Å²) in [5, 5.41) is 7.08. The molecule has 223 valence electrons. The van der Waals surface area contributed by atoms with E-state index in [0.717, 1.165) is 50.0 Å². The van der Waals surface area contributed by atoms with Gasteiger partial charge in [0.2, 0.25) is 0 Å². The van der Waals surface area contributed by atoms with E-state index in [1.54, 1.807) is 0 Å². The Morgan fingerprint density at radius 1 is 0.556 bits per heavy atom. The minimum Gasteiger partial charge on any atom is -0.500 e. The first-order valence-electron chi connectivity index (χ1n) is 14.9. The summed E-state index contributed by atoms with van der Waals surface area (Å²) in [5.74, 6) is 0. The van der Waals surface area contributed by atoms with E-state index >= 15 is 0 Å². The number of nitrogens with zero attached hydrogens (tertiary/aromatic N) is 2. The van der Waals surface area contributed by atoms with Gasteiger partial charge in [-0.2, -0.15) is 0 Å². The summed E-state index contributed by atoms with van der Waals surface area (Å²) in [6, 6.07) is 38.2. The third-order valence-corrected chi connectivity index (χ3v) is 8.40.